The Hall–Kier alpha value is -2.55. The molecule has 1 atom stereocenters. The van der Waals surface area contributed by atoms with Gasteiger partial charge in [-0.1, -0.05) is 12.1 Å². The number of aliphatic hydroxyl groups is 1. The molecule has 3 aromatic rings. The zero-order chi connectivity index (χ0) is 21.8. The molecule has 0 fully saturated rings. The number of nitrogens with one attached hydrogen (secondary N) is 2. The van der Waals surface area contributed by atoms with Crippen LogP contribution in [0.4, 0.5) is 5.69 Å². The molecular weight excluding hydrogens is 416 g/mol. The molecule has 1 aliphatic rings. The fourth-order valence-corrected chi connectivity index (χ4v) is 4.51. The predicted molar refractivity (Wildman–Crippen MR) is 121 cm³/mol. The van der Waals surface area contributed by atoms with E-state index in [4.69, 9.17) is 9.15 Å². The van der Waals surface area contributed by atoms with Crippen LogP contribution in [0, 0.1) is 0 Å². The number of hydrogen-bond donors (Lipinski definition) is 3. The molecule has 0 amide bonds. The van der Waals surface area contributed by atoms with Crippen LogP contribution in [0.25, 0.3) is 11.0 Å². The minimum absolute atomic E-state index is 0.329. The maximum Gasteiger partial charge on any atom is 0.229 e. The fourth-order valence-electron chi connectivity index (χ4n) is 3.96. The van der Waals surface area contributed by atoms with Gasteiger partial charge in [0.15, 0.2) is 0 Å². The third kappa shape index (κ3) is 5.58. The molecule has 1 aromatic heterocycles. The molecule has 1 unspecified atom stereocenters. The fraction of sp³-hybridized carbons (Fsp3) is 0.391. The third-order valence-electron chi connectivity index (χ3n) is 5.39. The van der Waals surface area contributed by atoms with Gasteiger partial charge in [0.2, 0.25) is 10.0 Å². The number of aliphatic hydroxyl groups excluding tert-OH is 1. The van der Waals surface area contributed by atoms with Crippen LogP contribution in [0.1, 0.15) is 35.8 Å². The van der Waals surface area contributed by atoms with Crippen molar-refractivity contribution in [3.8, 4) is 5.75 Å². The second-order valence-electron chi connectivity index (χ2n) is 7.94. The Bertz CT molecular complexity index is 1160. The number of rotatable bonds is 9. The van der Waals surface area contributed by atoms with E-state index in [9.17, 15) is 13.5 Å². The molecule has 1 heterocycles. The average molecular weight is 445 g/mol. The van der Waals surface area contributed by atoms with Crippen molar-refractivity contribution in [2.75, 3.05) is 30.7 Å². The van der Waals surface area contributed by atoms with Crippen LogP contribution in [-0.4, -0.2) is 39.5 Å². The standard InChI is InChI=1S/C23H28N2O5S/c1-31(27,28)25-17-6-4-5-16(13-17)21(26)15-24-11-12-29-18-9-10-20-19-7-2-3-8-22(19)30-23(20)14-18/h4-6,9-10,13-14,21,24-26H,2-3,7-8,11-12,15H2,1H3. The quantitative estimate of drug-likeness (QED) is 0.438. The molecule has 31 heavy (non-hydrogen) atoms. The molecule has 0 saturated heterocycles. The number of fused-ring (bicyclic) bond motifs is 3. The summed E-state index contributed by atoms with van der Waals surface area (Å²) in [6.45, 7) is 1.34. The summed E-state index contributed by atoms with van der Waals surface area (Å²) in [7, 11) is -3.36. The number of hydrogen-bond acceptors (Lipinski definition) is 6. The van der Waals surface area contributed by atoms with Crippen LogP contribution in [0.2, 0.25) is 0 Å². The number of sulfonamides is 1. The van der Waals surface area contributed by atoms with Gasteiger partial charge >= 0.3 is 0 Å². The van der Waals surface area contributed by atoms with Crippen LogP contribution in [0.5, 0.6) is 5.75 Å². The highest BCUT2D eigenvalue weighted by atomic mass is 32.2. The van der Waals surface area contributed by atoms with Gasteiger partial charge in [-0.15, -0.1) is 0 Å². The summed E-state index contributed by atoms with van der Waals surface area (Å²) in [5.74, 6) is 1.88. The molecule has 1 aliphatic carbocycles. The van der Waals surface area contributed by atoms with Crippen molar-refractivity contribution >= 4 is 26.7 Å². The minimum Gasteiger partial charge on any atom is -0.492 e. The second kappa shape index (κ2) is 9.30. The van der Waals surface area contributed by atoms with Crippen LogP contribution < -0.4 is 14.8 Å². The molecule has 0 spiro atoms. The predicted octanol–water partition coefficient (Wildman–Crippen LogP) is 3.39. The first-order valence-corrected chi connectivity index (χ1v) is 12.4. The minimum atomic E-state index is -3.36. The number of anilines is 1. The monoisotopic (exact) mass is 444 g/mol. The Kier molecular flexibility index (Phi) is 6.50. The molecule has 8 heteroatoms. The summed E-state index contributed by atoms with van der Waals surface area (Å²) in [5.41, 5.74) is 3.29. The van der Waals surface area contributed by atoms with Crippen molar-refractivity contribution in [1.29, 1.82) is 0 Å². The van der Waals surface area contributed by atoms with Crippen molar-refractivity contribution in [3.05, 3.63) is 59.4 Å². The van der Waals surface area contributed by atoms with Crippen LogP contribution >= 0.6 is 0 Å². The summed E-state index contributed by atoms with van der Waals surface area (Å²) < 4.78 is 37.0. The van der Waals surface area contributed by atoms with Crippen LogP contribution in [0.3, 0.4) is 0 Å². The van der Waals surface area contributed by atoms with E-state index in [0.29, 0.717) is 30.9 Å². The Labute approximate surface area is 182 Å². The summed E-state index contributed by atoms with van der Waals surface area (Å²) in [6.07, 6.45) is 4.84. The van der Waals surface area contributed by atoms with Gasteiger partial charge in [-0.2, -0.15) is 0 Å². The van der Waals surface area contributed by atoms with Crippen molar-refractivity contribution in [2.45, 2.75) is 31.8 Å². The molecule has 0 radical (unpaired) electrons. The summed E-state index contributed by atoms with van der Waals surface area (Å²) >= 11 is 0. The van der Waals surface area contributed by atoms with Gasteiger partial charge in [-0.05, 0) is 49.1 Å². The number of ether oxygens (including phenoxy) is 1. The maximum absolute atomic E-state index is 11.4. The molecule has 0 aliphatic heterocycles. The largest absolute Gasteiger partial charge is 0.492 e. The lowest BCUT2D eigenvalue weighted by Crippen LogP contribution is -2.26. The first kappa shape index (κ1) is 21.7. The van der Waals surface area contributed by atoms with Crippen molar-refractivity contribution in [2.24, 2.45) is 0 Å². The lowest BCUT2D eigenvalue weighted by molar-refractivity contribution is 0.172. The van der Waals surface area contributed by atoms with Gasteiger partial charge in [0, 0.05) is 42.2 Å². The van der Waals surface area contributed by atoms with E-state index in [-0.39, 0.29) is 0 Å². The van der Waals surface area contributed by atoms with Gasteiger partial charge in [0.1, 0.15) is 23.7 Å². The molecule has 3 N–H and O–H groups in total. The maximum atomic E-state index is 11.4. The molecular formula is C23H28N2O5S. The van der Waals surface area contributed by atoms with Gasteiger partial charge in [-0.3, -0.25) is 4.72 Å². The SMILES string of the molecule is CS(=O)(=O)Nc1cccc(C(O)CNCCOc2ccc3c4c(oc3c2)CCCC4)c1. The lowest BCUT2D eigenvalue weighted by atomic mass is 9.96. The summed E-state index contributed by atoms with van der Waals surface area (Å²) in [5, 5.41) is 14.7. The van der Waals surface area contributed by atoms with Gasteiger partial charge in [0.25, 0.3) is 0 Å². The molecule has 0 bridgehead atoms. The molecule has 7 nitrogen and oxygen atoms in total. The number of benzene rings is 2. The van der Waals surface area contributed by atoms with Gasteiger partial charge in [-0.25, -0.2) is 8.42 Å². The highest BCUT2D eigenvalue weighted by molar-refractivity contribution is 7.92. The van der Waals surface area contributed by atoms with Crippen molar-refractivity contribution in [3.63, 3.8) is 0 Å². The molecule has 2 aromatic carbocycles. The van der Waals surface area contributed by atoms with E-state index in [1.165, 1.54) is 23.8 Å². The Morgan fingerprint density at radius 2 is 2.00 bits per heavy atom. The van der Waals surface area contributed by atoms with Crippen LogP contribution in [0.15, 0.2) is 46.9 Å². The molecule has 4 rings (SSSR count). The third-order valence-corrected chi connectivity index (χ3v) is 5.99. The zero-order valence-electron chi connectivity index (χ0n) is 17.6. The highest BCUT2D eigenvalue weighted by Gasteiger charge is 2.18. The van der Waals surface area contributed by atoms with Crippen LogP contribution in [-0.2, 0) is 22.9 Å². The Balaban J connectivity index is 1.25. The van der Waals surface area contributed by atoms with Crippen molar-refractivity contribution in [1.82, 2.24) is 5.32 Å². The Morgan fingerprint density at radius 1 is 1.16 bits per heavy atom. The smallest absolute Gasteiger partial charge is 0.229 e. The van der Waals surface area contributed by atoms with E-state index in [1.807, 2.05) is 12.1 Å². The normalized spacial score (nSPS) is 14.9. The number of aryl methyl sites for hydroxylation is 2. The first-order chi connectivity index (χ1) is 14.9. The Morgan fingerprint density at radius 3 is 2.84 bits per heavy atom. The molecule has 166 valence electrons. The van der Waals surface area contributed by atoms with Gasteiger partial charge < -0.3 is 19.6 Å². The summed E-state index contributed by atoms with van der Waals surface area (Å²) in [6, 6.07) is 12.7. The average Bonchev–Trinajstić information content (AvgIpc) is 3.10. The first-order valence-electron chi connectivity index (χ1n) is 10.5. The topological polar surface area (TPSA) is 101 Å². The zero-order valence-corrected chi connectivity index (χ0v) is 18.4. The van der Waals surface area contributed by atoms with E-state index in [1.54, 1.807) is 24.3 Å². The van der Waals surface area contributed by atoms with Gasteiger partial charge in [0.05, 0.1) is 12.4 Å². The second-order valence-corrected chi connectivity index (χ2v) is 9.69. The summed E-state index contributed by atoms with van der Waals surface area (Å²) in [4.78, 5) is 0. The van der Waals surface area contributed by atoms with Crippen molar-refractivity contribution < 1.29 is 22.7 Å². The molecule has 0 saturated carbocycles. The van der Waals surface area contributed by atoms with E-state index in [2.05, 4.69) is 16.1 Å². The van der Waals surface area contributed by atoms with E-state index < -0.39 is 16.1 Å². The van der Waals surface area contributed by atoms with E-state index >= 15 is 0 Å². The highest BCUT2D eigenvalue weighted by Crippen LogP contribution is 2.33. The van der Waals surface area contributed by atoms with E-state index in [0.717, 1.165) is 36.2 Å². The number of furan rings is 1. The lowest BCUT2D eigenvalue weighted by Gasteiger charge is -2.14.